The largest absolute Gasteiger partial charge is 0.433 e. The molecular weight excluding hydrogens is 429 g/mol. The first-order valence-corrected chi connectivity index (χ1v) is 10.4. The standard InChI is InChI=1S/C20H19F3N6OS/c1-12-7-13(15-10-26-19(31-15)29-6-2-4-24-17(30)11-29)9-14(8-12)27-18-25-5-3-16(28-18)20(21,22)23/h3,5,7-10H,2,4,6,11H2,1H3,(H,24,30)(H,25,27,28). The number of carbonyl (C=O) groups is 1. The number of benzene rings is 1. The highest BCUT2D eigenvalue weighted by Gasteiger charge is 2.32. The van der Waals surface area contributed by atoms with Gasteiger partial charge >= 0.3 is 6.18 Å². The second-order valence-corrected chi connectivity index (χ2v) is 8.12. The quantitative estimate of drug-likeness (QED) is 0.628. The van der Waals surface area contributed by atoms with Gasteiger partial charge in [0.15, 0.2) is 5.13 Å². The van der Waals surface area contributed by atoms with E-state index in [0.717, 1.165) is 46.4 Å². The maximum atomic E-state index is 12.9. The van der Waals surface area contributed by atoms with Gasteiger partial charge in [-0.25, -0.2) is 15.0 Å². The van der Waals surface area contributed by atoms with Crippen molar-refractivity contribution in [1.29, 1.82) is 0 Å². The molecule has 0 unspecified atom stereocenters. The van der Waals surface area contributed by atoms with Crippen LogP contribution in [-0.4, -0.2) is 40.5 Å². The molecule has 1 aromatic carbocycles. The number of hydrogen-bond donors (Lipinski definition) is 2. The van der Waals surface area contributed by atoms with Gasteiger partial charge in [-0.05, 0) is 42.7 Å². The number of anilines is 3. The van der Waals surface area contributed by atoms with Gasteiger partial charge in [0.25, 0.3) is 0 Å². The summed E-state index contributed by atoms with van der Waals surface area (Å²) < 4.78 is 38.7. The van der Waals surface area contributed by atoms with E-state index < -0.39 is 11.9 Å². The summed E-state index contributed by atoms with van der Waals surface area (Å²) in [5.74, 6) is -0.163. The number of nitrogens with zero attached hydrogens (tertiary/aromatic N) is 4. The van der Waals surface area contributed by atoms with Crippen LogP contribution in [0.2, 0.25) is 0 Å². The summed E-state index contributed by atoms with van der Waals surface area (Å²) in [4.78, 5) is 26.6. The SMILES string of the molecule is Cc1cc(Nc2nccc(C(F)(F)F)n2)cc(-c2cnc(N3CCCNC(=O)C3)s2)c1. The van der Waals surface area contributed by atoms with E-state index in [9.17, 15) is 18.0 Å². The normalized spacial score (nSPS) is 14.8. The van der Waals surface area contributed by atoms with Crippen molar-refractivity contribution < 1.29 is 18.0 Å². The topological polar surface area (TPSA) is 83.0 Å². The van der Waals surface area contributed by atoms with Crippen molar-refractivity contribution in [2.75, 3.05) is 29.9 Å². The van der Waals surface area contributed by atoms with Gasteiger partial charge in [0.1, 0.15) is 5.69 Å². The molecule has 0 spiro atoms. The molecule has 0 bridgehead atoms. The third kappa shape index (κ3) is 5.10. The summed E-state index contributed by atoms with van der Waals surface area (Å²) in [6.07, 6.45) is -0.889. The van der Waals surface area contributed by atoms with E-state index in [1.807, 2.05) is 24.0 Å². The minimum Gasteiger partial charge on any atom is -0.354 e. The zero-order valence-corrected chi connectivity index (χ0v) is 17.3. The monoisotopic (exact) mass is 448 g/mol. The van der Waals surface area contributed by atoms with Crippen molar-refractivity contribution in [1.82, 2.24) is 20.3 Å². The van der Waals surface area contributed by atoms with Crippen LogP contribution in [0.25, 0.3) is 10.4 Å². The zero-order valence-electron chi connectivity index (χ0n) is 16.5. The molecule has 1 amide bonds. The van der Waals surface area contributed by atoms with Crippen LogP contribution in [0.4, 0.5) is 29.9 Å². The molecule has 162 valence electrons. The smallest absolute Gasteiger partial charge is 0.354 e. The average Bonchev–Trinajstić information content (AvgIpc) is 3.10. The minimum absolute atomic E-state index is 0.0302. The third-order valence-corrected chi connectivity index (χ3v) is 5.70. The molecule has 4 rings (SSSR count). The Balaban J connectivity index is 1.58. The maximum Gasteiger partial charge on any atom is 0.433 e. The van der Waals surface area contributed by atoms with Gasteiger partial charge in [0.2, 0.25) is 11.9 Å². The molecule has 2 aromatic heterocycles. The summed E-state index contributed by atoms with van der Waals surface area (Å²) in [5.41, 5.74) is 1.33. The molecule has 3 heterocycles. The summed E-state index contributed by atoms with van der Waals surface area (Å²) >= 11 is 1.46. The fourth-order valence-electron chi connectivity index (χ4n) is 3.22. The van der Waals surface area contributed by atoms with Gasteiger partial charge in [0, 0.05) is 31.2 Å². The van der Waals surface area contributed by atoms with E-state index in [-0.39, 0.29) is 18.4 Å². The molecule has 2 N–H and O–H groups in total. The highest BCUT2D eigenvalue weighted by Crippen LogP contribution is 2.34. The first-order valence-electron chi connectivity index (χ1n) is 9.55. The molecule has 1 aliphatic heterocycles. The number of carbonyl (C=O) groups excluding carboxylic acids is 1. The molecule has 7 nitrogen and oxygen atoms in total. The number of amides is 1. The number of aromatic nitrogens is 3. The molecule has 0 atom stereocenters. The number of alkyl halides is 3. The van der Waals surface area contributed by atoms with Crippen LogP contribution in [0.15, 0.2) is 36.7 Å². The van der Waals surface area contributed by atoms with Crippen LogP contribution in [0, 0.1) is 6.92 Å². The first kappa shape index (κ1) is 21.0. The Morgan fingerprint density at radius 1 is 1.23 bits per heavy atom. The van der Waals surface area contributed by atoms with E-state index in [2.05, 4.69) is 25.6 Å². The lowest BCUT2D eigenvalue weighted by molar-refractivity contribution is -0.141. The summed E-state index contributed by atoms with van der Waals surface area (Å²) in [5, 5.41) is 6.44. The van der Waals surface area contributed by atoms with Gasteiger partial charge in [-0.2, -0.15) is 13.2 Å². The first-order chi connectivity index (χ1) is 14.8. The molecule has 1 aliphatic rings. The lowest BCUT2D eigenvalue weighted by Crippen LogP contribution is -2.32. The van der Waals surface area contributed by atoms with Gasteiger partial charge in [-0.15, -0.1) is 0 Å². The van der Waals surface area contributed by atoms with E-state index in [0.29, 0.717) is 12.2 Å². The van der Waals surface area contributed by atoms with Crippen molar-refractivity contribution in [2.24, 2.45) is 0 Å². The van der Waals surface area contributed by atoms with E-state index in [1.54, 1.807) is 12.3 Å². The third-order valence-electron chi connectivity index (χ3n) is 4.59. The fourth-order valence-corrected chi connectivity index (χ4v) is 4.15. The Morgan fingerprint density at radius 2 is 2.06 bits per heavy atom. The number of nitrogens with one attached hydrogen (secondary N) is 2. The van der Waals surface area contributed by atoms with Crippen molar-refractivity contribution in [3.05, 3.63) is 47.9 Å². The van der Waals surface area contributed by atoms with E-state index in [1.165, 1.54) is 11.3 Å². The molecule has 1 saturated heterocycles. The maximum absolute atomic E-state index is 12.9. The van der Waals surface area contributed by atoms with Crippen molar-refractivity contribution in [3.8, 4) is 10.4 Å². The van der Waals surface area contributed by atoms with E-state index in [4.69, 9.17) is 0 Å². The number of halogens is 3. The highest BCUT2D eigenvalue weighted by molar-refractivity contribution is 7.18. The number of hydrogen-bond acceptors (Lipinski definition) is 7. The van der Waals surface area contributed by atoms with Crippen LogP contribution in [0.3, 0.4) is 0 Å². The zero-order chi connectivity index (χ0) is 22.0. The predicted octanol–water partition coefficient (Wildman–Crippen LogP) is 4.00. The molecule has 11 heteroatoms. The molecule has 0 radical (unpaired) electrons. The Hall–Kier alpha value is -3.21. The van der Waals surface area contributed by atoms with Crippen molar-refractivity contribution in [2.45, 2.75) is 19.5 Å². The Morgan fingerprint density at radius 3 is 2.87 bits per heavy atom. The molecule has 31 heavy (non-hydrogen) atoms. The summed E-state index contributed by atoms with van der Waals surface area (Å²) in [6.45, 7) is 3.54. The van der Waals surface area contributed by atoms with Gasteiger partial charge in [-0.3, -0.25) is 4.79 Å². The van der Waals surface area contributed by atoms with E-state index >= 15 is 0 Å². The van der Waals surface area contributed by atoms with Crippen LogP contribution in [-0.2, 0) is 11.0 Å². The molecule has 0 saturated carbocycles. The van der Waals surface area contributed by atoms with Gasteiger partial charge in [0.05, 0.1) is 11.4 Å². The average molecular weight is 448 g/mol. The summed E-state index contributed by atoms with van der Waals surface area (Å²) in [7, 11) is 0. The van der Waals surface area contributed by atoms with Crippen LogP contribution in [0.5, 0.6) is 0 Å². The number of aryl methyl sites for hydroxylation is 1. The lowest BCUT2D eigenvalue weighted by Gasteiger charge is -2.17. The molecule has 0 aliphatic carbocycles. The minimum atomic E-state index is -4.54. The summed E-state index contributed by atoms with van der Waals surface area (Å²) in [6, 6.07) is 6.40. The second-order valence-electron chi connectivity index (χ2n) is 7.11. The molecule has 1 fully saturated rings. The van der Waals surface area contributed by atoms with Crippen LogP contribution in [0.1, 0.15) is 17.7 Å². The lowest BCUT2D eigenvalue weighted by atomic mass is 10.1. The second kappa shape index (κ2) is 8.50. The Labute approximate surface area is 180 Å². The number of thiazole rings is 1. The highest BCUT2D eigenvalue weighted by atomic mass is 32.1. The molecular formula is C20H19F3N6OS. The number of rotatable bonds is 4. The Bertz CT molecular complexity index is 1100. The Kier molecular flexibility index (Phi) is 5.77. The fraction of sp³-hybridized carbons (Fsp3) is 0.300. The van der Waals surface area contributed by atoms with Crippen molar-refractivity contribution in [3.63, 3.8) is 0 Å². The predicted molar refractivity (Wildman–Crippen MR) is 112 cm³/mol. The van der Waals surface area contributed by atoms with Crippen molar-refractivity contribution >= 4 is 34.0 Å². The van der Waals surface area contributed by atoms with Crippen LogP contribution >= 0.6 is 11.3 Å². The van der Waals surface area contributed by atoms with Gasteiger partial charge < -0.3 is 15.5 Å². The van der Waals surface area contributed by atoms with Gasteiger partial charge in [-0.1, -0.05) is 17.4 Å². The van der Waals surface area contributed by atoms with Crippen LogP contribution < -0.4 is 15.5 Å². The molecule has 3 aromatic rings.